The van der Waals surface area contributed by atoms with Crippen LogP contribution in [0.25, 0.3) is 12.2 Å². The fourth-order valence-electron chi connectivity index (χ4n) is 3.83. The Kier molecular flexibility index (Phi) is 8.08. The average molecular weight is 514 g/mol. The van der Waals surface area contributed by atoms with Gasteiger partial charge in [-0.3, -0.25) is 0 Å². The van der Waals surface area contributed by atoms with Crippen molar-refractivity contribution in [3.63, 3.8) is 0 Å². The fourth-order valence-corrected chi connectivity index (χ4v) is 3.83. The predicted octanol–water partition coefficient (Wildman–Crippen LogP) is 2.30. The zero-order valence-corrected chi connectivity index (χ0v) is 19.6. The van der Waals surface area contributed by atoms with Crippen molar-refractivity contribution >= 4 is 30.1 Å². The number of benzene rings is 2. The van der Waals surface area contributed by atoms with Gasteiger partial charge in [-0.15, -0.1) is 0 Å². The summed E-state index contributed by atoms with van der Waals surface area (Å²) in [7, 11) is 0. The van der Waals surface area contributed by atoms with Crippen molar-refractivity contribution in [1.82, 2.24) is 0 Å². The highest BCUT2D eigenvalue weighted by Crippen LogP contribution is 2.37. The molecule has 11 heteroatoms. The Labute approximate surface area is 211 Å². The summed E-state index contributed by atoms with van der Waals surface area (Å²) in [6.07, 6.45) is 1.59. The van der Waals surface area contributed by atoms with Gasteiger partial charge in [0.05, 0.1) is 0 Å². The van der Waals surface area contributed by atoms with Crippen molar-refractivity contribution in [2.24, 2.45) is 5.92 Å². The molecule has 0 bridgehead atoms. The number of hydrogen-bond acceptors (Lipinski definition) is 10. The van der Waals surface area contributed by atoms with Crippen LogP contribution in [-0.4, -0.2) is 66.4 Å². The SMILES string of the molecule is C[C@H]1[C@H](OC(=O)/C=C/c2ccc(O)c(O)c2)C[C@](O)(C(=O)O)C[C@H]1OC(=O)/C=C/c1ccc(O)c(O)c1. The lowest BCUT2D eigenvalue weighted by Crippen LogP contribution is -2.54. The molecular weight excluding hydrogens is 488 g/mol. The summed E-state index contributed by atoms with van der Waals surface area (Å²) in [6, 6.07) is 7.77. The number of phenols is 4. The van der Waals surface area contributed by atoms with E-state index in [1.807, 2.05) is 0 Å². The van der Waals surface area contributed by atoms with Crippen molar-refractivity contribution < 1.29 is 54.5 Å². The second kappa shape index (κ2) is 11.0. The molecule has 0 saturated heterocycles. The molecule has 0 amide bonds. The molecule has 1 fully saturated rings. The van der Waals surface area contributed by atoms with Gasteiger partial charge in [-0.1, -0.05) is 19.1 Å². The van der Waals surface area contributed by atoms with E-state index in [0.717, 1.165) is 12.2 Å². The van der Waals surface area contributed by atoms with Gasteiger partial charge < -0.3 is 40.1 Å². The molecule has 37 heavy (non-hydrogen) atoms. The summed E-state index contributed by atoms with van der Waals surface area (Å²) >= 11 is 0. The number of carbonyl (C=O) groups is 3. The molecule has 11 nitrogen and oxygen atoms in total. The number of aromatic hydroxyl groups is 4. The van der Waals surface area contributed by atoms with Crippen LogP contribution in [0.5, 0.6) is 23.0 Å². The van der Waals surface area contributed by atoms with Gasteiger partial charge in [0.15, 0.2) is 28.6 Å². The second-order valence-corrected chi connectivity index (χ2v) is 8.72. The summed E-state index contributed by atoms with van der Waals surface area (Å²) in [5.74, 6) is -5.41. The Morgan fingerprint density at radius 3 is 1.54 bits per heavy atom. The van der Waals surface area contributed by atoms with Gasteiger partial charge in [0.1, 0.15) is 12.2 Å². The maximum absolute atomic E-state index is 12.4. The Balaban J connectivity index is 1.71. The summed E-state index contributed by atoms with van der Waals surface area (Å²) < 4.78 is 10.7. The fraction of sp³-hybridized carbons (Fsp3) is 0.269. The number of phenolic OH excluding ortho intramolecular Hbond substituents is 4. The van der Waals surface area contributed by atoms with Gasteiger partial charge in [-0.25, -0.2) is 14.4 Å². The van der Waals surface area contributed by atoms with E-state index in [-0.39, 0.29) is 23.0 Å². The number of carboxylic acid groups (broad SMARTS) is 1. The van der Waals surface area contributed by atoms with Crippen LogP contribution in [0.3, 0.4) is 0 Å². The number of carbonyl (C=O) groups excluding carboxylic acids is 2. The van der Waals surface area contributed by atoms with Crippen molar-refractivity contribution in [1.29, 1.82) is 0 Å². The number of aliphatic hydroxyl groups is 1. The lowest BCUT2D eigenvalue weighted by Gasteiger charge is -2.41. The standard InChI is InChI=1S/C26H26O11/c1-14-21(36-23(31)8-4-15-2-6-17(27)19(29)10-15)12-26(35,25(33)34)13-22(14)37-24(32)9-5-16-3-7-18(28)20(30)11-16/h2-11,14,21-22,27-30,35H,12-13H2,1H3,(H,33,34)/b8-4+,9-5+/t14-,21-,22-,26+/m1/s1. The van der Waals surface area contributed by atoms with Crippen LogP contribution in [0.2, 0.25) is 0 Å². The quantitative estimate of drug-likeness (QED) is 0.180. The van der Waals surface area contributed by atoms with Gasteiger partial charge in [0.2, 0.25) is 0 Å². The smallest absolute Gasteiger partial charge is 0.335 e. The molecule has 1 aliphatic rings. The van der Waals surface area contributed by atoms with Crippen molar-refractivity contribution in [2.75, 3.05) is 0 Å². The molecule has 0 heterocycles. The van der Waals surface area contributed by atoms with Crippen LogP contribution >= 0.6 is 0 Å². The number of aliphatic carboxylic acids is 1. The Bertz CT molecular complexity index is 1160. The third-order valence-electron chi connectivity index (χ3n) is 6.01. The van der Waals surface area contributed by atoms with E-state index >= 15 is 0 Å². The van der Waals surface area contributed by atoms with E-state index in [0.29, 0.717) is 11.1 Å². The monoisotopic (exact) mass is 514 g/mol. The predicted molar refractivity (Wildman–Crippen MR) is 128 cm³/mol. The molecule has 2 aromatic rings. The minimum Gasteiger partial charge on any atom is -0.504 e. The minimum atomic E-state index is -2.32. The third kappa shape index (κ3) is 6.79. The van der Waals surface area contributed by atoms with Crippen molar-refractivity contribution in [3.05, 3.63) is 59.7 Å². The lowest BCUT2D eigenvalue weighted by molar-refractivity contribution is -0.191. The van der Waals surface area contributed by atoms with Crippen molar-refractivity contribution in [2.45, 2.75) is 37.6 Å². The number of carboxylic acids is 1. The van der Waals surface area contributed by atoms with Crippen LogP contribution in [-0.2, 0) is 23.9 Å². The molecule has 0 spiro atoms. The first-order valence-corrected chi connectivity index (χ1v) is 11.1. The number of esters is 2. The molecule has 3 rings (SSSR count). The molecule has 0 aliphatic heterocycles. The molecule has 0 unspecified atom stereocenters. The minimum absolute atomic E-state index is 0.333. The normalized spacial score (nSPS) is 23.7. The number of hydrogen-bond donors (Lipinski definition) is 6. The van der Waals surface area contributed by atoms with Gasteiger partial charge >= 0.3 is 17.9 Å². The van der Waals surface area contributed by atoms with Crippen LogP contribution in [0.4, 0.5) is 0 Å². The summed E-state index contributed by atoms with van der Waals surface area (Å²) in [5, 5.41) is 58.0. The first kappa shape index (κ1) is 27.1. The molecular formula is C26H26O11. The molecule has 0 radical (unpaired) electrons. The first-order chi connectivity index (χ1) is 17.4. The van der Waals surface area contributed by atoms with E-state index in [2.05, 4.69) is 0 Å². The molecule has 2 atom stereocenters. The largest absolute Gasteiger partial charge is 0.504 e. The number of ether oxygens (including phenoxy) is 2. The molecule has 2 aromatic carbocycles. The van der Waals surface area contributed by atoms with E-state index in [1.54, 1.807) is 6.92 Å². The highest BCUT2D eigenvalue weighted by Gasteiger charge is 2.51. The Morgan fingerprint density at radius 1 is 0.784 bits per heavy atom. The van der Waals surface area contributed by atoms with Gasteiger partial charge in [0, 0.05) is 30.9 Å². The lowest BCUT2D eigenvalue weighted by atomic mass is 9.75. The average Bonchev–Trinajstić information content (AvgIpc) is 2.83. The molecule has 196 valence electrons. The highest BCUT2D eigenvalue weighted by atomic mass is 16.6. The summed E-state index contributed by atoms with van der Waals surface area (Å²) in [5.41, 5.74) is -1.56. The van der Waals surface area contributed by atoms with Crippen molar-refractivity contribution in [3.8, 4) is 23.0 Å². The molecule has 6 N–H and O–H groups in total. The maximum atomic E-state index is 12.4. The van der Waals surface area contributed by atoms with Crippen LogP contribution in [0.15, 0.2) is 48.6 Å². The van der Waals surface area contributed by atoms with Crippen LogP contribution in [0, 0.1) is 5.92 Å². The zero-order valence-electron chi connectivity index (χ0n) is 19.6. The van der Waals surface area contributed by atoms with Crippen LogP contribution in [0.1, 0.15) is 30.9 Å². The molecule has 1 aliphatic carbocycles. The van der Waals surface area contributed by atoms with E-state index in [4.69, 9.17) is 9.47 Å². The zero-order chi connectivity index (χ0) is 27.3. The second-order valence-electron chi connectivity index (χ2n) is 8.72. The summed E-state index contributed by atoms with van der Waals surface area (Å²) in [6.45, 7) is 1.58. The summed E-state index contributed by atoms with van der Waals surface area (Å²) in [4.78, 5) is 36.5. The third-order valence-corrected chi connectivity index (χ3v) is 6.01. The number of rotatable bonds is 7. The Hall–Kier alpha value is -4.51. The first-order valence-electron chi connectivity index (χ1n) is 11.1. The van der Waals surface area contributed by atoms with Gasteiger partial charge in [0.25, 0.3) is 0 Å². The van der Waals surface area contributed by atoms with E-state index in [1.165, 1.54) is 48.6 Å². The van der Waals surface area contributed by atoms with E-state index in [9.17, 15) is 45.0 Å². The molecule has 0 aromatic heterocycles. The van der Waals surface area contributed by atoms with E-state index < -0.39 is 54.5 Å². The molecule has 1 saturated carbocycles. The highest BCUT2D eigenvalue weighted by molar-refractivity contribution is 5.88. The van der Waals surface area contributed by atoms with Crippen LogP contribution < -0.4 is 0 Å². The maximum Gasteiger partial charge on any atom is 0.335 e. The topological polar surface area (TPSA) is 191 Å². The Morgan fingerprint density at radius 2 is 1.19 bits per heavy atom. The van der Waals surface area contributed by atoms with Gasteiger partial charge in [-0.05, 0) is 47.5 Å². The van der Waals surface area contributed by atoms with Gasteiger partial charge in [-0.2, -0.15) is 0 Å².